The predicted octanol–water partition coefficient (Wildman–Crippen LogP) is 1.98. The fourth-order valence-corrected chi connectivity index (χ4v) is 4.37. The van der Waals surface area contributed by atoms with E-state index in [1.165, 1.54) is 21.9 Å². The maximum Gasteiger partial charge on any atom is 0.149 e. The average molecular weight is 193 g/mol. The van der Waals surface area contributed by atoms with Crippen molar-refractivity contribution < 1.29 is 0 Å². The van der Waals surface area contributed by atoms with E-state index in [1.807, 2.05) is 0 Å². The van der Waals surface area contributed by atoms with Crippen LogP contribution in [0, 0.1) is 20.8 Å². The molecule has 1 nitrogen and oxygen atoms in total. The lowest BCUT2D eigenvalue weighted by atomic mass is 10.1. The van der Waals surface area contributed by atoms with Crippen molar-refractivity contribution in [2.75, 3.05) is 0 Å². The maximum absolute atomic E-state index is 6.25. The molecule has 0 heterocycles. The van der Waals surface area contributed by atoms with E-state index in [-0.39, 0.29) is 0 Å². The second kappa shape index (κ2) is 3.27. The van der Waals surface area contributed by atoms with E-state index in [9.17, 15) is 0 Å². The van der Waals surface area contributed by atoms with Crippen LogP contribution >= 0.6 is 0 Å². The molecule has 0 aromatic heterocycles. The first-order valence-corrected chi connectivity index (χ1v) is 7.77. The highest BCUT2D eigenvalue weighted by atomic mass is 28.3. The molecule has 1 rings (SSSR count). The van der Waals surface area contributed by atoms with Crippen molar-refractivity contribution in [2.24, 2.45) is 5.40 Å². The summed E-state index contributed by atoms with van der Waals surface area (Å²) in [6, 6.07) is 4.45. The van der Waals surface area contributed by atoms with Crippen molar-refractivity contribution in [3.05, 3.63) is 28.8 Å². The van der Waals surface area contributed by atoms with Crippen molar-refractivity contribution in [1.82, 2.24) is 0 Å². The van der Waals surface area contributed by atoms with Gasteiger partial charge in [0.1, 0.15) is 8.24 Å². The Morgan fingerprint density at radius 1 is 1.00 bits per heavy atom. The fraction of sp³-hybridized carbons (Fsp3) is 0.455. The average Bonchev–Trinajstić information content (AvgIpc) is 1.78. The van der Waals surface area contributed by atoms with Gasteiger partial charge in [-0.25, -0.2) is 0 Å². The molecule has 0 unspecified atom stereocenters. The fourth-order valence-electron chi connectivity index (χ4n) is 2.20. The van der Waals surface area contributed by atoms with Crippen molar-refractivity contribution in [3.8, 4) is 0 Å². The SMILES string of the molecule is Cc1cc(C)c([Si](C)(C)N)c(C)c1. The Kier molecular flexibility index (Phi) is 2.64. The van der Waals surface area contributed by atoms with Crippen LogP contribution in [0.15, 0.2) is 12.1 Å². The minimum Gasteiger partial charge on any atom is -0.347 e. The molecule has 0 saturated carbocycles. The largest absolute Gasteiger partial charge is 0.347 e. The van der Waals surface area contributed by atoms with Gasteiger partial charge < -0.3 is 5.40 Å². The Bertz CT molecular complexity index is 300. The summed E-state index contributed by atoms with van der Waals surface area (Å²) in [6.07, 6.45) is 0. The molecule has 2 N–H and O–H groups in total. The highest BCUT2D eigenvalue weighted by molar-refractivity contribution is 6.87. The molecule has 0 radical (unpaired) electrons. The van der Waals surface area contributed by atoms with Gasteiger partial charge in [0.15, 0.2) is 0 Å². The Labute approximate surface area is 82.1 Å². The van der Waals surface area contributed by atoms with Gasteiger partial charge in [-0.1, -0.05) is 30.8 Å². The summed E-state index contributed by atoms with van der Waals surface area (Å²) in [7, 11) is -1.65. The summed E-state index contributed by atoms with van der Waals surface area (Å²) in [5.74, 6) is 0. The molecule has 13 heavy (non-hydrogen) atoms. The monoisotopic (exact) mass is 193 g/mol. The number of hydrogen-bond acceptors (Lipinski definition) is 1. The van der Waals surface area contributed by atoms with E-state index in [1.54, 1.807) is 0 Å². The summed E-state index contributed by atoms with van der Waals surface area (Å²) < 4.78 is 0. The number of aryl methyl sites for hydroxylation is 3. The standard InChI is InChI=1S/C11H19NSi/c1-8-6-9(2)11(10(3)7-8)13(4,5)12/h6-7H,12H2,1-5H3. The molecule has 0 fully saturated rings. The van der Waals surface area contributed by atoms with E-state index >= 15 is 0 Å². The van der Waals surface area contributed by atoms with E-state index in [0.717, 1.165) is 0 Å². The summed E-state index contributed by atoms with van der Waals surface area (Å²) in [6.45, 7) is 10.8. The second-order valence-electron chi connectivity index (χ2n) is 4.50. The zero-order valence-electron chi connectivity index (χ0n) is 9.23. The highest BCUT2D eigenvalue weighted by Crippen LogP contribution is 2.09. The van der Waals surface area contributed by atoms with Crippen LogP contribution in [0.1, 0.15) is 16.7 Å². The first-order chi connectivity index (χ1) is 5.82. The summed E-state index contributed by atoms with van der Waals surface area (Å²) in [5.41, 5.74) is 4.05. The van der Waals surface area contributed by atoms with Gasteiger partial charge in [-0.3, -0.25) is 0 Å². The van der Waals surface area contributed by atoms with Gasteiger partial charge in [-0.05, 0) is 37.1 Å². The molecule has 1 aromatic carbocycles. The lowest BCUT2D eigenvalue weighted by Gasteiger charge is -2.22. The molecule has 0 aliphatic rings. The van der Waals surface area contributed by atoms with E-state index < -0.39 is 8.24 Å². The molecule has 0 saturated heterocycles. The van der Waals surface area contributed by atoms with E-state index in [0.29, 0.717) is 0 Å². The van der Waals surface area contributed by atoms with Gasteiger partial charge in [0, 0.05) is 0 Å². The summed E-state index contributed by atoms with van der Waals surface area (Å²) >= 11 is 0. The Hall–Kier alpha value is -0.603. The van der Waals surface area contributed by atoms with Crippen molar-refractivity contribution in [3.63, 3.8) is 0 Å². The molecule has 0 aliphatic carbocycles. The Morgan fingerprint density at radius 2 is 1.38 bits per heavy atom. The molecule has 0 amide bonds. The van der Waals surface area contributed by atoms with Gasteiger partial charge >= 0.3 is 0 Å². The molecular formula is C11H19NSi. The van der Waals surface area contributed by atoms with Crippen molar-refractivity contribution >= 4 is 13.4 Å². The number of nitrogens with two attached hydrogens (primary N) is 1. The zero-order chi connectivity index (χ0) is 10.2. The van der Waals surface area contributed by atoms with Crippen LogP contribution in [-0.4, -0.2) is 8.24 Å². The third-order valence-corrected chi connectivity index (χ3v) is 4.40. The molecule has 2 heteroatoms. The molecule has 0 spiro atoms. The van der Waals surface area contributed by atoms with Crippen LogP contribution in [0.2, 0.25) is 13.1 Å². The Balaban J connectivity index is 3.38. The first-order valence-electron chi connectivity index (χ1n) is 4.69. The van der Waals surface area contributed by atoms with Crippen LogP contribution in [0.4, 0.5) is 0 Å². The molecule has 0 atom stereocenters. The van der Waals surface area contributed by atoms with Gasteiger partial charge in [0.05, 0.1) is 0 Å². The van der Waals surface area contributed by atoms with E-state index in [2.05, 4.69) is 46.0 Å². The lowest BCUT2D eigenvalue weighted by molar-refractivity contribution is 1.34. The normalized spacial score (nSPS) is 11.8. The third kappa shape index (κ3) is 2.20. The number of benzene rings is 1. The van der Waals surface area contributed by atoms with Crippen LogP contribution < -0.4 is 10.6 Å². The minimum absolute atomic E-state index is 1.33. The lowest BCUT2D eigenvalue weighted by Crippen LogP contribution is -2.53. The predicted molar refractivity (Wildman–Crippen MR) is 62.0 cm³/mol. The van der Waals surface area contributed by atoms with Gasteiger partial charge in [0.2, 0.25) is 0 Å². The zero-order valence-corrected chi connectivity index (χ0v) is 10.2. The molecule has 1 aromatic rings. The van der Waals surface area contributed by atoms with Crippen LogP contribution in [0.5, 0.6) is 0 Å². The van der Waals surface area contributed by atoms with Crippen LogP contribution in [-0.2, 0) is 0 Å². The summed E-state index contributed by atoms with van der Waals surface area (Å²) in [4.78, 5) is 0. The number of hydrogen-bond donors (Lipinski definition) is 1. The topological polar surface area (TPSA) is 26.0 Å². The molecule has 0 aliphatic heterocycles. The van der Waals surface area contributed by atoms with Crippen LogP contribution in [0.25, 0.3) is 0 Å². The molecular weight excluding hydrogens is 174 g/mol. The van der Waals surface area contributed by atoms with Gasteiger partial charge in [-0.15, -0.1) is 0 Å². The third-order valence-electron chi connectivity index (χ3n) is 2.32. The molecule has 0 bridgehead atoms. The smallest absolute Gasteiger partial charge is 0.149 e. The minimum atomic E-state index is -1.65. The maximum atomic E-state index is 6.25. The first kappa shape index (κ1) is 10.5. The highest BCUT2D eigenvalue weighted by Gasteiger charge is 2.21. The number of rotatable bonds is 1. The van der Waals surface area contributed by atoms with Gasteiger partial charge in [-0.2, -0.15) is 0 Å². The van der Waals surface area contributed by atoms with Crippen LogP contribution in [0.3, 0.4) is 0 Å². The molecule has 72 valence electrons. The van der Waals surface area contributed by atoms with Gasteiger partial charge in [0.25, 0.3) is 0 Å². The van der Waals surface area contributed by atoms with E-state index in [4.69, 9.17) is 5.40 Å². The van der Waals surface area contributed by atoms with Crippen molar-refractivity contribution in [2.45, 2.75) is 33.9 Å². The quantitative estimate of drug-likeness (QED) is 0.678. The summed E-state index contributed by atoms with van der Waals surface area (Å²) in [5, 5.41) is 7.66. The second-order valence-corrected chi connectivity index (χ2v) is 8.44. The Morgan fingerprint density at radius 3 is 1.69 bits per heavy atom. The van der Waals surface area contributed by atoms with Crippen molar-refractivity contribution in [1.29, 1.82) is 0 Å².